The summed E-state index contributed by atoms with van der Waals surface area (Å²) >= 11 is 11.7. The number of rotatable bonds is 3. The molecule has 0 aromatic heterocycles. The zero-order valence-electron chi connectivity index (χ0n) is 13.6. The van der Waals surface area contributed by atoms with Crippen molar-refractivity contribution in [3.63, 3.8) is 0 Å². The quantitative estimate of drug-likeness (QED) is 0.827. The van der Waals surface area contributed by atoms with Gasteiger partial charge in [-0.05, 0) is 30.0 Å². The van der Waals surface area contributed by atoms with Gasteiger partial charge in [0.2, 0.25) is 5.91 Å². The molecule has 1 heterocycles. The summed E-state index contributed by atoms with van der Waals surface area (Å²) in [7, 11) is 0. The molecule has 1 fully saturated rings. The Labute approximate surface area is 158 Å². The molecular weight excluding hydrogens is 373 g/mol. The maximum Gasteiger partial charge on any atom is 0.251 e. The van der Waals surface area contributed by atoms with Crippen molar-refractivity contribution in [1.29, 1.82) is 0 Å². The molecule has 2 rings (SSSR count). The Bertz CT molecular complexity index is 623. The number of piperidine rings is 1. The normalized spacial score (nSPS) is 19.4. The Morgan fingerprint density at radius 1 is 1.33 bits per heavy atom. The molecule has 0 bridgehead atoms. The topological polar surface area (TPSA) is 75.4 Å². The number of nitrogens with one attached hydrogen (secondary N) is 1. The number of nitrogens with zero attached hydrogens (tertiary/aromatic N) is 1. The van der Waals surface area contributed by atoms with Crippen molar-refractivity contribution in [1.82, 2.24) is 10.2 Å². The molecule has 3 N–H and O–H groups in total. The zero-order chi connectivity index (χ0) is 17.2. The van der Waals surface area contributed by atoms with Crippen molar-refractivity contribution in [3.05, 3.63) is 33.8 Å². The van der Waals surface area contributed by atoms with Crippen LogP contribution in [-0.2, 0) is 4.79 Å². The Kier molecular flexibility index (Phi) is 7.35. The maximum atomic E-state index is 12.3. The number of hydrogen-bond acceptors (Lipinski definition) is 3. The highest BCUT2D eigenvalue weighted by Crippen LogP contribution is 2.27. The van der Waals surface area contributed by atoms with Crippen LogP contribution in [0.2, 0.25) is 10.0 Å². The van der Waals surface area contributed by atoms with Crippen LogP contribution >= 0.6 is 35.6 Å². The first-order valence-corrected chi connectivity index (χ1v) is 8.23. The lowest BCUT2D eigenvalue weighted by atomic mass is 9.79. The van der Waals surface area contributed by atoms with E-state index in [2.05, 4.69) is 5.32 Å². The first-order chi connectivity index (χ1) is 10.7. The molecule has 1 aliphatic rings. The number of benzene rings is 1. The molecule has 2 amide bonds. The molecular formula is C16H22Cl3N3O2. The third kappa shape index (κ3) is 4.99. The largest absolute Gasteiger partial charge is 0.343 e. The monoisotopic (exact) mass is 393 g/mol. The molecule has 5 nitrogen and oxygen atoms in total. The van der Waals surface area contributed by atoms with Gasteiger partial charge in [-0.1, -0.05) is 37.0 Å². The van der Waals surface area contributed by atoms with Gasteiger partial charge in [-0.15, -0.1) is 12.4 Å². The summed E-state index contributed by atoms with van der Waals surface area (Å²) in [6, 6.07) is 4.68. The lowest BCUT2D eigenvalue weighted by Crippen LogP contribution is -2.55. The van der Waals surface area contributed by atoms with Crippen LogP contribution in [0.5, 0.6) is 0 Å². The second kappa shape index (κ2) is 8.39. The van der Waals surface area contributed by atoms with E-state index in [0.29, 0.717) is 28.7 Å². The zero-order valence-corrected chi connectivity index (χ0v) is 16.0. The molecule has 1 saturated heterocycles. The first-order valence-electron chi connectivity index (χ1n) is 7.47. The summed E-state index contributed by atoms with van der Waals surface area (Å²) < 4.78 is 0. The molecule has 0 aliphatic carbocycles. The fourth-order valence-electron chi connectivity index (χ4n) is 2.59. The number of amides is 2. The highest BCUT2D eigenvalue weighted by molar-refractivity contribution is 6.42. The Hall–Kier alpha value is -1.01. The van der Waals surface area contributed by atoms with E-state index in [4.69, 9.17) is 28.9 Å². The van der Waals surface area contributed by atoms with Gasteiger partial charge in [0.05, 0.1) is 16.6 Å². The molecule has 1 atom stereocenters. The lowest BCUT2D eigenvalue weighted by Gasteiger charge is -2.42. The molecule has 1 unspecified atom stereocenters. The average molecular weight is 395 g/mol. The minimum absolute atomic E-state index is 0. The summed E-state index contributed by atoms with van der Waals surface area (Å²) in [5.74, 6) is -0.469. The standard InChI is InChI=1S/C16H21Cl2N3O2.ClH/c1-16(2)9-21(6-5-13(16)19)14(22)8-20-15(23)10-3-4-11(17)12(18)7-10;/h3-4,7,13H,5-6,8-9,19H2,1-2H3,(H,20,23);1H. The van der Waals surface area contributed by atoms with Gasteiger partial charge < -0.3 is 16.0 Å². The number of likely N-dealkylation sites (tertiary alicyclic amines) is 1. The van der Waals surface area contributed by atoms with Crippen LogP contribution in [0.4, 0.5) is 0 Å². The SMILES string of the molecule is CC1(C)CN(C(=O)CNC(=O)c2ccc(Cl)c(Cl)c2)CCC1N.Cl. The molecule has 24 heavy (non-hydrogen) atoms. The van der Waals surface area contributed by atoms with Gasteiger partial charge in [0, 0.05) is 24.7 Å². The van der Waals surface area contributed by atoms with E-state index >= 15 is 0 Å². The van der Waals surface area contributed by atoms with E-state index in [1.165, 1.54) is 6.07 Å². The van der Waals surface area contributed by atoms with Crippen molar-refractivity contribution < 1.29 is 9.59 Å². The lowest BCUT2D eigenvalue weighted by molar-refractivity contribution is -0.133. The second-order valence-corrected chi connectivity index (χ2v) is 7.33. The summed E-state index contributed by atoms with van der Waals surface area (Å²) in [4.78, 5) is 26.1. The van der Waals surface area contributed by atoms with Gasteiger partial charge in [0.15, 0.2) is 0 Å². The van der Waals surface area contributed by atoms with E-state index < -0.39 is 0 Å². The smallest absolute Gasteiger partial charge is 0.251 e. The number of carbonyl (C=O) groups excluding carboxylic acids is 2. The van der Waals surface area contributed by atoms with Crippen molar-refractivity contribution in [2.75, 3.05) is 19.6 Å². The van der Waals surface area contributed by atoms with Crippen LogP contribution < -0.4 is 11.1 Å². The van der Waals surface area contributed by atoms with Crippen molar-refractivity contribution in [2.24, 2.45) is 11.1 Å². The fourth-order valence-corrected chi connectivity index (χ4v) is 2.89. The third-order valence-corrected chi connectivity index (χ3v) is 4.99. The van der Waals surface area contributed by atoms with Crippen LogP contribution in [0, 0.1) is 5.41 Å². The van der Waals surface area contributed by atoms with Crippen molar-refractivity contribution in [2.45, 2.75) is 26.3 Å². The molecule has 134 valence electrons. The minimum Gasteiger partial charge on any atom is -0.343 e. The molecule has 0 radical (unpaired) electrons. The minimum atomic E-state index is -0.357. The molecule has 0 spiro atoms. The number of carbonyl (C=O) groups is 2. The van der Waals surface area contributed by atoms with Gasteiger partial charge in [0.1, 0.15) is 0 Å². The second-order valence-electron chi connectivity index (χ2n) is 6.51. The fraction of sp³-hybridized carbons (Fsp3) is 0.500. The Morgan fingerprint density at radius 2 is 2.00 bits per heavy atom. The molecule has 1 aromatic carbocycles. The molecule has 1 aromatic rings. The van der Waals surface area contributed by atoms with Gasteiger partial charge >= 0.3 is 0 Å². The number of nitrogens with two attached hydrogens (primary N) is 1. The summed E-state index contributed by atoms with van der Waals surface area (Å²) in [6.45, 7) is 5.25. The third-order valence-electron chi connectivity index (χ3n) is 4.25. The van der Waals surface area contributed by atoms with Gasteiger partial charge in [-0.3, -0.25) is 9.59 Å². The molecule has 1 aliphatic heterocycles. The van der Waals surface area contributed by atoms with Crippen molar-refractivity contribution >= 4 is 47.4 Å². The average Bonchev–Trinajstić information content (AvgIpc) is 2.49. The van der Waals surface area contributed by atoms with Gasteiger partial charge in [-0.2, -0.15) is 0 Å². The van der Waals surface area contributed by atoms with E-state index in [9.17, 15) is 9.59 Å². The number of hydrogen-bond donors (Lipinski definition) is 2. The molecule has 0 saturated carbocycles. The first kappa shape index (κ1) is 21.0. The number of halogens is 3. The van der Waals surface area contributed by atoms with E-state index in [-0.39, 0.29) is 42.2 Å². The van der Waals surface area contributed by atoms with Crippen LogP contribution in [-0.4, -0.2) is 42.4 Å². The predicted molar refractivity (Wildman–Crippen MR) is 99.0 cm³/mol. The predicted octanol–water partition coefficient (Wildman–Crippen LogP) is 2.73. The molecule has 8 heteroatoms. The summed E-state index contributed by atoms with van der Waals surface area (Å²) in [5.41, 5.74) is 6.31. The van der Waals surface area contributed by atoms with E-state index in [1.807, 2.05) is 13.8 Å². The highest BCUT2D eigenvalue weighted by atomic mass is 35.5. The maximum absolute atomic E-state index is 12.3. The van der Waals surface area contributed by atoms with Crippen molar-refractivity contribution in [3.8, 4) is 0 Å². The van der Waals surface area contributed by atoms with Crippen LogP contribution in [0.1, 0.15) is 30.6 Å². The van der Waals surface area contributed by atoms with Gasteiger partial charge in [0.25, 0.3) is 5.91 Å². The highest BCUT2D eigenvalue weighted by Gasteiger charge is 2.35. The van der Waals surface area contributed by atoms with E-state index in [1.54, 1.807) is 17.0 Å². The van der Waals surface area contributed by atoms with E-state index in [0.717, 1.165) is 6.42 Å². The Morgan fingerprint density at radius 3 is 2.58 bits per heavy atom. The van der Waals surface area contributed by atoms with Crippen LogP contribution in [0.3, 0.4) is 0 Å². The van der Waals surface area contributed by atoms with Crippen LogP contribution in [0.25, 0.3) is 0 Å². The Balaban J connectivity index is 0.00000288. The summed E-state index contributed by atoms with van der Waals surface area (Å²) in [5, 5.41) is 3.30. The van der Waals surface area contributed by atoms with Crippen LogP contribution in [0.15, 0.2) is 18.2 Å². The summed E-state index contributed by atoms with van der Waals surface area (Å²) in [6.07, 6.45) is 0.763. The van der Waals surface area contributed by atoms with Gasteiger partial charge in [-0.25, -0.2) is 0 Å².